The van der Waals surface area contributed by atoms with E-state index in [1.54, 1.807) is 4.90 Å². The third-order valence-electron chi connectivity index (χ3n) is 4.22. The van der Waals surface area contributed by atoms with Crippen molar-refractivity contribution in [3.8, 4) is 0 Å². The largest absolute Gasteiger partial charge is 0.481 e. The van der Waals surface area contributed by atoms with Crippen LogP contribution in [0.2, 0.25) is 0 Å². The number of carboxylic acid groups (broad SMARTS) is 1. The first-order chi connectivity index (χ1) is 8.64. The third kappa shape index (κ3) is 3.26. The molecule has 0 aliphatic carbocycles. The van der Waals surface area contributed by atoms with Gasteiger partial charge in [-0.1, -0.05) is 27.7 Å². The number of carbonyl (C=O) groups excluding carboxylic acids is 1. The van der Waals surface area contributed by atoms with Crippen LogP contribution in [0.5, 0.6) is 0 Å². The Labute approximate surface area is 115 Å². The number of likely N-dealkylation sites (tertiary alicyclic amines) is 1. The van der Waals surface area contributed by atoms with Crippen LogP contribution in [-0.2, 0) is 9.59 Å². The molecule has 0 saturated carbocycles. The van der Waals surface area contributed by atoms with Crippen LogP contribution in [0.15, 0.2) is 0 Å². The van der Waals surface area contributed by atoms with E-state index in [2.05, 4.69) is 0 Å². The minimum absolute atomic E-state index is 0.133. The second-order valence-electron chi connectivity index (χ2n) is 6.65. The molecule has 0 spiro atoms. The van der Waals surface area contributed by atoms with Gasteiger partial charge in [0.2, 0.25) is 5.91 Å². The molecule has 1 rings (SSSR count). The molecule has 0 aromatic carbocycles. The van der Waals surface area contributed by atoms with Gasteiger partial charge in [-0.15, -0.1) is 0 Å². The number of hydrogen-bond donors (Lipinski definition) is 2. The first kappa shape index (κ1) is 16.0. The molecule has 110 valence electrons. The van der Waals surface area contributed by atoms with Gasteiger partial charge in [-0.3, -0.25) is 9.59 Å². The van der Waals surface area contributed by atoms with Gasteiger partial charge in [-0.2, -0.15) is 0 Å². The first-order valence-electron chi connectivity index (χ1n) is 6.92. The number of rotatable bonds is 3. The predicted octanol–water partition coefficient (Wildman–Crippen LogP) is 1.46. The maximum atomic E-state index is 12.4. The Kier molecular flexibility index (Phi) is 4.61. The molecule has 2 atom stereocenters. The lowest BCUT2D eigenvalue weighted by molar-refractivity contribution is -0.156. The van der Waals surface area contributed by atoms with E-state index < -0.39 is 17.4 Å². The zero-order valence-corrected chi connectivity index (χ0v) is 12.4. The van der Waals surface area contributed by atoms with Crippen molar-refractivity contribution in [1.82, 2.24) is 4.90 Å². The molecule has 0 aromatic heterocycles. The van der Waals surface area contributed by atoms with Crippen molar-refractivity contribution in [1.29, 1.82) is 0 Å². The van der Waals surface area contributed by atoms with Crippen molar-refractivity contribution in [2.24, 2.45) is 16.6 Å². The molecule has 1 unspecified atom stereocenters. The maximum absolute atomic E-state index is 12.4. The standard InChI is InChI=1S/C14H26N2O3/c1-5-14(12(18)19)7-6-8-16(9-14)11(17)10(15)13(2,3)4/h10H,5-9,15H2,1-4H3,(H,18,19)/t10-,14?/m1/s1. The number of piperidine rings is 1. The molecule has 1 aliphatic rings. The zero-order valence-electron chi connectivity index (χ0n) is 12.4. The molecule has 0 bridgehead atoms. The fourth-order valence-corrected chi connectivity index (χ4v) is 2.50. The van der Waals surface area contributed by atoms with Crippen LogP contribution in [0.3, 0.4) is 0 Å². The Morgan fingerprint density at radius 2 is 2.00 bits per heavy atom. The van der Waals surface area contributed by atoms with E-state index in [0.29, 0.717) is 19.4 Å². The first-order valence-corrected chi connectivity index (χ1v) is 6.92. The highest BCUT2D eigenvalue weighted by Gasteiger charge is 2.43. The van der Waals surface area contributed by atoms with Gasteiger partial charge >= 0.3 is 5.97 Å². The Morgan fingerprint density at radius 1 is 1.42 bits per heavy atom. The number of carboxylic acids is 1. The number of nitrogens with two attached hydrogens (primary N) is 1. The van der Waals surface area contributed by atoms with Crippen LogP contribution in [0.1, 0.15) is 47.0 Å². The molecule has 1 fully saturated rings. The predicted molar refractivity (Wildman–Crippen MR) is 73.6 cm³/mol. The van der Waals surface area contributed by atoms with E-state index in [-0.39, 0.29) is 17.9 Å². The van der Waals surface area contributed by atoms with Crippen LogP contribution in [0, 0.1) is 10.8 Å². The van der Waals surface area contributed by atoms with Crippen LogP contribution in [0.4, 0.5) is 0 Å². The molecule has 5 nitrogen and oxygen atoms in total. The van der Waals surface area contributed by atoms with Gasteiger partial charge in [0.1, 0.15) is 0 Å². The summed E-state index contributed by atoms with van der Waals surface area (Å²) in [5.41, 5.74) is 4.88. The second-order valence-corrected chi connectivity index (χ2v) is 6.65. The van der Waals surface area contributed by atoms with Gasteiger partial charge in [0.05, 0.1) is 11.5 Å². The van der Waals surface area contributed by atoms with Crippen molar-refractivity contribution in [2.45, 2.75) is 53.0 Å². The topological polar surface area (TPSA) is 83.6 Å². The Hall–Kier alpha value is -1.10. The van der Waals surface area contributed by atoms with Crippen LogP contribution in [-0.4, -0.2) is 41.0 Å². The van der Waals surface area contributed by atoms with Gasteiger partial charge in [-0.05, 0) is 24.7 Å². The van der Waals surface area contributed by atoms with E-state index >= 15 is 0 Å². The van der Waals surface area contributed by atoms with Crippen molar-refractivity contribution in [3.63, 3.8) is 0 Å². The SMILES string of the molecule is CCC1(C(=O)O)CCCN(C(=O)[C@@H](N)C(C)(C)C)C1. The highest BCUT2D eigenvalue weighted by Crippen LogP contribution is 2.34. The fourth-order valence-electron chi connectivity index (χ4n) is 2.50. The van der Waals surface area contributed by atoms with E-state index in [1.165, 1.54) is 0 Å². The summed E-state index contributed by atoms with van der Waals surface area (Å²) in [4.78, 5) is 25.5. The molecule has 3 N–H and O–H groups in total. The van der Waals surface area contributed by atoms with Crippen molar-refractivity contribution < 1.29 is 14.7 Å². The van der Waals surface area contributed by atoms with Gasteiger partial charge in [0.25, 0.3) is 0 Å². The Bertz CT molecular complexity index is 362. The molecule has 1 aliphatic heterocycles. The summed E-state index contributed by atoms with van der Waals surface area (Å²) < 4.78 is 0. The van der Waals surface area contributed by atoms with Gasteiger partial charge in [0, 0.05) is 13.1 Å². The summed E-state index contributed by atoms with van der Waals surface area (Å²) >= 11 is 0. The molecule has 19 heavy (non-hydrogen) atoms. The van der Waals surface area contributed by atoms with Crippen molar-refractivity contribution in [3.05, 3.63) is 0 Å². The number of hydrogen-bond acceptors (Lipinski definition) is 3. The molecule has 0 radical (unpaired) electrons. The van der Waals surface area contributed by atoms with Crippen LogP contribution < -0.4 is 5.73 Å². The molecular formula is C14H26N2O3. The van der Waals surface area contributed by atoms with E-state index in [9.17, 15) is 14.7 Å². The van der Waals surface area contributed by atoms with Crippen molar-refractivity contribution in [2.75, 3.05) is 13.1 Å². The van der Waals surface area contributed by atoms with Gasteiger partial charge < -0.3 is 15.7 Å². The fraction of sp³-hybridized carbons (Fsp3) is 0.857. The Morgan fingerprint density at radius 3 is 2.42 bits per heavy atom. The van der Waals surface area contributed by atoms with Crippen LogP contribution in [0.25, 0.3) is 0 Å². The van der Waals surface area contributed by atoms with Crippen LogP contribution >= 0.6 is 0 Å². The number of amides is 1. The minimum atomic E-state index is -0.808. The van der Waals surface area contributed by atoms with E-state index in [0.717, 1.165) is 6.42 Å². The summed E-state index contributed by atoms with van der Waals surface area (Å²) in [6.07, 6.45) is 1.90. The lowest BCUT2D eigenvalue weighted by Crippen LogP contribution is -2.56. The third-order valence-corrected chi connectivity index (χ3v) is 4.22. The second kappa shape index (κ2) is 5.49. The van der Waals surface area contributed by atoms with Crippen molar-refractivity contribution >= 4 is 11.9 Å². The lowest BCUT2D eigenvalue weighted by Gasteiger charge is -2.41. The summed E-state index contributed by atoms with van der Waals surface area (Å²) in [6, 6.07) is -0.589. The number of carbonyl (C=O) groups is 2. The summed E-state index contributed by atoms with van der Waals surface area (Å²) in [6.45, 7) is 8.52. The molecule has 0 aromatic rings. The lowest BCUT2D eigenvalue weighted by atomic mass is 9.77. The zero-order chi connectivity index (χ0) is 14.8. The highest BCUT2D eigenvalue weighted by molar-refractivity contribution is 5.84. The van der Waals surface area contributed by atoms with E-state index in [1.807, 2.05) is 27.7 Å². The van der Waals surface area contributed by atoms with E-state index in [4.69, 9.17) is 5.73 Å². The summed E-state index contributed by atoms with van der Waals surface area (Å²) in [5, 5.41) is 9.42. The quantitative estimate of drug-likeness (QED) is 0.813. The molecular weight excluding hydrogens is 244 g/mol. The number of nitrogens with zero attached hydrogens (tertiary/aromatic N) is 1. The number of aliphatic carboxylic acids is 1. The molecule has 1 saturated heterocycles. The maximum Gasteiger partial charge on any atom is 0.311 e. The monoisotopic (exact) mass is 270 g/mol. The van der Waals surface area contributed by atoms with Gasteiger partial charge in [0.15, 0.2) is 0 Å². The molecule has 5 heteroatoms. The highest BCUT2D eigenvalue weighted by atomic mass is 16.4. The average Bonchev–Trinajstić information content (AvgIpc) is 2.35. The summed E-state index contributed by atoms with van der Waals surface area (Å²) in [5.74, 6) is -0.942. The smallest absolute Gasteiger partial charge is 0.311 e. The normalized spacial score (nSPS) is 26.1. The van der Waals surface area contributed by atoms with Gasteiger partial charge in [-0.25, -0.2) is 0 Å². The molecule has 1 amide bonds. The molecule has 1 heterocycles. The summed E-state index contributed by atoms with van der Waals surface area (Å²) in [7, 11) is 0. The minimum Gasteiger partial charge on any atom is -0.481 e. The Balaban J connectivity index is 2.86. The average molecular weight is 270 g/mol.